The molecule has 0 saturated carbocycles. The van der Waals surface area contributed by atoms with Gasteiger partial charge in [0.15, 0.2) is 0 Å². The number of hydrogen-bond donors (Lipinski definition) is 1. The van der Waals surface area contributed by atoms with E-state index in [9.17, 15) is 9.59 Å². The number of anilines is 2. The maximum Gasteiger partial charge on any atom is 0.415 e. The van der Waals surface area contributed by atoms with E-state index in [1.54, 1.807) is 17.0 Å². The zero-order valence-corrected chi connectivity index (χ0v) is 25.2. The highest BCUT2D eigenvalue weighted by atomic mass is 79.9. The van der Waals surface area contributed by atoms with Crippen LogP contribution in [0.4, 0.5) is 21.0 Å². The van der Waals surface area contributed by atoms with Gasteiger partial charge in [-0.1, -0.05) is 62.2 Å². The molecule has 0 radical (unpaired) electrons. The Hall–Kier alpha value is -2.84. The molecule has 0 atom stereocenters. The lowest BCUT2D eigenvalue weighted by Gasteiger charge is -2.27. The van der Waals surface area contributed by atoms with Crippen LogP contribution in [0.5, 0.6) is 0 Å². The minimum absolute atomic E-state index is 0.348. The summed E-state index contributed by atoms with van der Waals surface area (Å²) in [6.45, 7) is 11.6. The van der Waals surface area contributed by atoms with E-state index in [-0.39, 0.29) is 6.09 Å². The van der Waals surface area contributed by atoms with Crippen molar-refractivity contribution in [1.82, 2.24) is 0 Å². The lowest BCUT2D eigenvalue weighted by Crippen LogP contribution is -2.36. The normalized spacial score (nSPS) is 11.0. The number of ether oxygens (including phenoxy) is 2. The maximum atomic E-state index is 12.5. The van der Waals surface area contributed by atoms with Crippen molar-refractivity contribution in [3.05, 3.63) is 93.4 Å². The second kappa shape index (κ2) is 13.6. The number of carbonyl (C=O) groups excluding carboxylic acids is 2. The molecule has 37 heavy (non-hydrogen) atoms. The van der Waals surface area contributed by atoms with Gasteiger partial charge in [-0.3, -0.25) is 10.2 Å². The number of amides is 2. The topological polar surface area (TPSA) is 67.9 Å². The van der Waals surface area contributed by atoms with Crippen LogP contribution in [-0.4, -0.2) is 23.4 Å². The number of halogens is 2. The summed E-state index contributed by atoms with van der Waals surface area (Å²) in [5.74, 6) is 0. The van der Waals surface area contributed by atoms with Crippen molar-refractivity contribution in [2.45, 2.75) is 59.3 Å². The van der Waals surface area contributed by atoms with Crippen molar-refractivity contribution in [2.75, 3.05) is 10.2 Å². The predicted octanol–water partition coefficient (Wildman–Crippen LogP) is 9.19. The summed E-state index contributed by atoms with van der Waals surface area (Å²) in [7, 11) is 0. The first-order valence-electron chi connectivity index (χ1n) is 11.8. The van der Waals surface area contributed by atoms with Crippen LogP contribution in [0.3, 0.4) is 0 Å². The Morgan fingerprint density at radius 1 is 0.730 bits per heavy atom. The third-order valence-electron chi connectivity index (χ3n) is 4.43. The summed E-state index contributed by atoms with van der Waals surface area (Å²) in [5.41, 5.74) is 1.57. The van der Waals surface area contributed by atoms with Crippen molar-refractivity contribution in [3.8, 4) is 0 Å². The monoisotopic (exact) mass is 632 g/mol. The molecule has 6 nitrogen and oxygen atoms in total. The van der Waals surface area contributed by atoms with Crippen molar-refractivity contribution in [2.24, 2.45) is 0 Å². The van der Waals surface area contributed by atoms with Gasteiger partial charge in [-0.2, -0.15) is 0 Å². The molecule has 198 valence electrons. The van der Waals surface area contributed by atoms with Gasteiger partial charge in [-0.05, 0) is 95.6 Å². The van der Waals surface area contributed by atoms with Gasteiger partial charge in [0.25, 0.3) is 0 Å². The van der Waals surface area contributed by atoms with E-state index in [2.05, 4.69) is 37.2 Å². The summed E-state index contributed by atoms with van der Waals surface area (Å²) in [6.07, 6.45) is -0.788. The Morgan fingerprint density at radius 3 is 1.70 bits per heavy atom. The van der Waals surface area contributed by atoms with E-state index in [0.717, 1.165) is 20.2 Å². The molecule has 3 aromatic carbocycles. The third-order valence-corrected chi connectivity index (χ3v) is 5.48. The lowest BCUT2D eigenvalue weighted by molar-refractivity contribution is 0.0575. The highest BCUT2D eigenvalue weighted by Gasteiger charge is 2.23. The lowest BCUT2D eigenvalue weighted by atomic mass is 10.2. The Labute approximate surface area is 236 Å². The summed E-state index contributed by atoms with van der Waals surface area (Å²) >= 11 is 6.73. The first-order chi connectivity index (χ1) is 17.2. The molecule has 0 bridgehead atoms. The smallest absolute Gasteiger partial charge is 0.415 e. The second-order valence-electron chi connectivity index (χ2n) is 10.2. The molecule has 8 heteroatoms. The fourth-order valence-electron chi connectivity index (χ4n) is 2.92. The minimum atomic E-state index is -0.526. The summed E-state index contributed by atoms with van der Waals surface area (Å²) in [4.78, 5) is 25.6. The number of nitrogens with one attached hydrogen (secondary N) is 1. The molecule has 0 saturated heterocycles. The van der Waals surface area contributed by atoms with Gasteiger partial charge in [-0.15, -0.1) is 0 Å². The van der Waals surface area contributed by atoms with Gasteiger partial charge in [-0.25, -0.2) is 9.59 Å². The van der Waals surface area contributed by atoms with E-state index in [0.29, 0.717) is 12.2 Å². The molecule has 2 amide bonds. The quantitative estimate of drug-likeness (QED) is 0.311. The van der Waals surface area contributed by atoms with Crippen LogP contribution in [-0.2, 0) is 16.0 Å². The molecule has 3 aromatic rings. The highest BCUT2D eigenvalue weighted by molar-refractivity contribution is 9.10. The van der Waals surface area contributed by atoms with Gasteiger partial charge < -0.3 is 9.47 Å². The molecule has 0 aliphatic carbocycles. The molecule has 3 rings (SSSR count). The van der Waals surface area contributed by atoms with E-state index in [1.807, 2.05) is 108 Å². The predicted molar refractivity (Wildman–Crippen MR) is 157 cm³/mol. The van der Waals surface area contributed by atoms with Crippen LogP contribution >= 0.6 is 31.9 Å². The van der Waals surface area contributed by atoms with Crippen LogP contribution in [0.1, 0.15) is 47.1 Å². The molecule has 0 aliphatic heterocycles. The first-order valence-corrected chi connectivity index (χ1v) is 13.4. The minimum Gasteiger partial charge on any atom is -0.444 e. The zero-order valence-electron chi connectivity index (χ0n) is 22.0. The molecular weight excluding hydrogens is 600 g/mol. The van der Waals surface area contributed by atoms with Crippen molar-refractivity contribution < 1.29 is 19.1 Å². The van der Waals surface area contributed by atoms with Crippen molar-refractivity contribution >= 4 is 55.4 Å². The molecule has 0 fully saturated rings. The SMILES string of the molecule is CC(C)(C)OC(=O)N(Cc1ccccc1)c1ccc(Br)cc1.CC(C)(C)OC(=O)Nc1ccc(Br)cc1. The van der Waals surface area contributed by atoms with Crippen LogP contribution in [0.25, 0.3) is 0 Å². The van der Waals surface area contributed by atoms with Crippen LogP contribution in [0, 0.1) is 0 Å². The molecule has 0 spiro atoms. The number of carbonyl (C=O) groups is 2. The summed E-state index contributed by atoms with van der Waals surface area (Å²) in [6, 6.07) is 24.8. The zero-order chi connectivity index (χ0) is 27.6. The Balaban J connectivity index is 0.000000281. The number of nitrogens with zero attached hydrogens (tertiary/aromatic N) is 1. The highest BCUT2D eigenvalue weighted by Crippen LogP contribution is 2.23. The van der Waals surface area contributed by atoms with Gasteiger partial charge >= 0.3 is 12.2 Å². The Kier molecular flexibility index (Phi) is 11.2. The maximum absolute atomic E-state index is 12.5. The second-order valence-corrected chi connectivity index (χ2v) is 12.0. The van der Waals surface area contributed by atoms with Crippen LogP contribution in [0.2, 0.25) is 0 Å². The van der Waals surface area contributed by atoms with Gasteiger partial charge in [0.2, 0.25) is 0 Å². The number of hydrogen-bond acceptors (Lipinski definition) is 4. The first kappa shape index (κ1) is 30.4. The number of rotatable bonds is 4. The fourth-order valence-corrected chi connectivity index (χ4v) is 3.45. The third kappa shape index (κ3) is 12.3. The van der Waals surface area contributed by atoms with Gasteiger partial charge in [0.1, 0.15) is 11.2 Å². The average Bonchev–Trinajstić information content (AvgIpc) is 2.78. The molecule has 1 N–H and O–H groups in total. The van der Waals surface area contributed by atoms with E-state index in [1.165, 1.54) is 0 Å². The van der Waals surface area contributed by atoms with E-state index >= 15 is 0 Å². The van der Waals surface area contributed by atoms with E-state index < -0.39 is 17.3 Å². The average molecular weight is 634 g/mol. The fraction of sp³-hybridized carbons (Fsp3) is 0.310. The Bertz CT molecular complexity index is 1140. The van der Waals surface area contributed by atoms with Crippen LogP contribution in [0.15, 0.2) is 87.8 Å². The molecule has 0 aromatic heterocycles. The summed E-state index contributed by atoms with van der Waals surface area (Å²) < 4.78 is 12.6. The molecule has 0 aliphatic rings. The largest absolute Gasteiger partial charge is 0.444 e. The van der Waals surface area contributed by atoms with Crippen molar-refractivity contribution in [3.63, 3.8) is 0 Å². The molecule has 0 heterocycles. The Morgan fingerprint density at radius 2 is 1.22 bits per heavy atom. The van der Waals surface area contributed by atoms with Gasteiger partial charge in [0, 0.05) is 20.3 Å². The summed E-state index contributed by atoms with van der Waals surface area (Å²) in [5, 5.41) is 2.64. The van der Waals surface area contributed by atoms with Crippen molar-refractivity contribution in [1.29, 1.82) is 0 Å². The molecular formula is C29H34Br2N2O4. The van der Waals surface area contributed by atoms with E-state index in [4.69, 9.17) is 9.47 Å². The number of benzene rings is 3. The molecule has 0 unspecified atom stereocenters. The van der Waals surface area contributed by atoms with Gasteiger partial charge in [0.05, 0.1) is 6.54 Å². The standard InChI is InChI=1S/C18H20BrNO2.C11H14BrNO2/c1-18(2,3)22-17(21)20(13-14-7-5-4-6-8-14)16-11-9-15(19)10-12-16;1-11(2,3)15-10(14)13-9-6-4-8(12)5-7-9/h4-12H,13H2,1-3H3;4-7H,1-3H3,(H,13,14). The van der Waals surface area contributed by atoms with Crippen LogP contribution < -0.4 is 10.2 Å².